The standard InChI is InChI=1S/C51H32N4O2/c1-4-14-34(15-5-1)49-52-50(35-16-6-2-7-17-35)54-51(53-49)42-22-13-25-45-48(42)41-31-30-38(32-46(41)57-45)55(36-18-8-3-9-19-36)37-28-26-33(27-29-37)39-21-12-24-44-47(39)40-20-10-11-23-43(40)56-44/h1-32H. The van der Waals surface area contributed by atoms with Crippen molar-refractivity contribution in [3.63, 3.8) is 0 Å². The summed E-state index contributed by atoms with van der Waals surface area (Å²) in [6.07, 6.45) is 0. The fraction of sp³-hybridized carbons (Fsp3) is 0. The normalized spacial score (nSPS) is 11.5. The molecule has 0 saturated carbocycles. The highest BCUT2D eigenvalue weighted by Gasteiger charge is 2.20. The molecule has 0 aliphatic heterocycles. The van der Waals surface area contributed by atoms with Gasteiger partial charge in [0.05, 0.1) is 0 Å². The second-order valence-corrected chi connectivity index (χ2v) is 14.0. The molecular weight excluding hydrogens is 701 g/mol. The van der Waals surface area contributed by atoms with E-state index in [1.807, 2.05) is 97.1 Å². The van der Waals surface area contributed by atoms with Gasteiger partial charge in [-0.15, -0.1) is 0 Å². The van der Waals surface area contributed by atoms with Crippen LogP contribution in [0.5, 0.6) is 0 Å². The maximum Gasteiger partial charge on any atom is 0.164 e. The first-order valence-electron chi connectivity index (χ1n) is 18.9. The number of aromatic nitrogens is 3. The van der Waals surface area contributed by atoms with Crippen molar-refractivity contribution in [3.8, 4) is 45.3 Å². The van der Waals surface area contributed by atoms with Crippen molar-refractivity contribution in [2.24, 2.45) is 0 Å². The Morgan fingerprint density at radius 1 is 0.316 bits per heavy atom. The Balaban J connectivity index is 1.03. The lowest BCUT2D eigenvalue weighted by Crippen LogP contribution is -2.09. The largest absolute Gasteiger partial charge is 0.456 e. The van der Waals surface area contributed by atoms with Gasteiger partial charge in [0, 0.05) is 61.4 Å². The van der Waals surface area contributed by atoms with Gasteiger partial charge in [0.1, 0.15) is 22.3 Å². The predicted octanol–water partition coefficient (Wildman–Crippen LogP) is 13.8. The lowest BCUT2D eigenvalue weighted by atomic mass is 9.99. The number of hydrogen-bond donors (Lipinski definition) is 0. The fourth-order valence-electron chi connectivity index (χ4n) is 7.90. The van der Waals surface area contributed by atoms with E-state index in [4.69, 9.17) is 23.8 Å². The van der Waals surface area contributed by atoms with Crippen LogP contribution in [0.4, 0.5) is 17.1 Å². The summed E-state index contributed by atoms with van der Waals surface area (Å²) in [7, 11) is 0. The van der Waals surface area contributed by atoms with Gasteiger partial charge in [0.25, 0.3) is 0 Å². The van der Waals surface area contributed by atoms with Crippen LogP contribution >= 0.6 is 0 Å². The van der Waals surface area contributed by atoms with Crippen LogP contribution in [0.3, 0.4) is 0 Å². The molecule has 3 heterocycles. The number of benzene rings is 8. The lowest BCUT2D eigenvalue weighted by Gasteiger charge is -2.25. The van der Waals surface area contributed by atoms with Gasteiger partial charge in [-0.3, -0.25) is 0 Å². The van der Waals surface area contributed by atoms with E-state index in [0.717, 1.165) is 88.8 Å². The molecule has 0 unspecified atom stereocenters. The third-order valence-electron chi connectivity index (χ3n) is 10.5. The summed E-state index contributed by atoms with van der Waals surface area (Å²) >= 11 is 0. The Morgan fingerprint density at radius 3 is 1.49 bits per heavy atom. The van der Waals surface area contributed by atoms with Gasteiger partial charge >= 0.3 is 0 Å². The van der Waals surface area contributed by atoms with E-state index in [9.17, 15) is 0 Å². The Morgan fingerprint density at radius 2 is 0.807 bits per heavy atom. The molecule has 11 aromatic rings. The van der Waals surface area contributed by atoms with Crippen LogP contribution < -0.4 is 4.90 Å². The second kappa shape index (κ2) is 13.5. The molecule has 0 fully saturated rings. The van der Waals surface area contributed by atoms with Gasteiger partial charge in [0.2, 0.25) is 0 Å². The van der Waals surface area contributed by atoms with E-state index >= 15 is 0 Å². The van der Waals surface area contributed by atoms with E-state index in [1.54, 1.807) is 0 Å². The summed E-state index contributed by atoms with van der Waals surface area (Å²) in [4.78, 5) is 17.2. The third-order valence-corrected chi connectivity index (χ3v) is 10.5. The number of fused-ring (bicyclic) bond motifs is 6. The molecule has 0 aliphatic carbocycles. The van der Waals surface area contributed by atoms with Gasteiger partial charge in [-0.05, 0) is 65.7 Å². The number of para-hydroxylation sites is 2. The molecule has 0 atom stereocenters. The third kappa shape index (κ3) is 5.70. The van der Waals surface area contributed by atoms with Crippen LogP contribution in [-0.2, 0) is 0 Å². The summed E-state index contributed by atoms with van der Waals surface area (Å²) in [5, 5.41) is 4.18. The average molecular weight is 733 g/mol. The zero-order valence-electron chi connectivity index (χ0n) is 30.6. The molecule has 0 bridgehead atoms. The van der Waals surface area contributed by atoms with Crippen LogP contribution in [-0.4, -0.2) is 15.0 Å². The maximum atomic E-state index is 6.65. The quantitative estimate of drug-likeness (QED) is 0.162. The van der Waals surface area contributed by atoms with Crippen molar-refractivity contribution in [3.05, 3.63) is 194 Å². The Kier molecular flexibility index (Phi) is 7.71. The van der Waals surface area contributed by atoms with E-state index in [1.165, 1.54) is 0 Å². The topological polar surface area (TPSA) is 68.2 Å². The van der Waals surface area contributed by atoms with Crippen molar-refractivity contribution < 1.29 is 8.83 Å². The molecule has 57 heavy (non-hydrogen) atoms. The molecule has 0 amide bonds. The van der Waals surface area contributed by atoms with E-state index in [-0.39, 0.29) is 0 Å². The number of furan rings is 2. The highest BCUT2D eigenvalue weighted by molar-refractivity contribution is 6.13. The number of anilines is 3. The number of rotatable bonds is 7. The SMILES string of the molecule is c1ccc(-c2nc(-c3ccccc3)nc(-c3cccc4oc5cc(N(c6ccccc6)c6ccc(-c7cccc8oc9ccccc9c78)cc6)ccc5c34)n2)cc1. The summed E-state index contributed by atoms with van der Waals surface area (Å²) in [5.74, 6) is 1.82. The van der Waals surface area contributed by atoms with Crippen LogP contribution in [0.2, 0.25) is 0 Å². The molecular formula is C51H32N4O2. The maximum absolute atomic E-state index is 6.65. The highest BCUT2D eigenvalue weighted by Crippen LogP contribution is 2.42. The van der Waals surface area contributed by atoms with Gasteiger partial charge in [-0.1, -0.05) is 133 Å². The Bertz CT molecular complexity index is 3170. The highest BCUT2D eigenvalue weighted by atomic mass is 16.3. The molecule has 0 N–H and O–H groups in total. The zero-order chi connectivity index (χ0) is 37.7. The molecule has 0 spiro atoms. The van der Waals surface area contributed by atoms with Crippen LogP contribution in [0.15, 0.2) is 203 Å². The molecule has 6 nitrogen and oxygen atoms in total. The lowest BCUT2D eigenvalue weighted by molar-refractivity contribution is 0.668. The van der Waals surface area contributed by atoms with Crippen molar-refractivity contribution in [2.45, 2.75) is 0 Å². The van der Waals surface area contributed by atoms with Crippen LogP contribution in [0, 0.1) is 0 Å². The van der Waals surface area contributed by atoms with Crippen molar-refractivity contribution in [1.29, 1.82) is 0 Å². The smallest absolute Gasteiger partial charge is 0.164 e. The molecule has 3 aromatic heterocycles. The summed E-state index contributed by atoms with van der Waals surface area (Å²) in [6.45, 7) is 0. The Labute approximate surface area is 328 Å². The van der Waals surface area contributed by atoms with Gasteiger partial charge < -0.3 is 13.7 Å². The number of nitrogens with zero attached hydrogens (tertiary/aromatic N) is 4. The van der Waals surface area contributed by atoms with Gasteiger partial charge in [-0.25, -0.2) is 15.0 Å². The first-order valence-corrected chi connectivity index (χ1v) is 18.9. The molecule has 11 rings (SSSR count). The van der Waals surface area contributed by atoms with Gasteiger partial charge in [0.15, 0.2) is 17.5 Å². The minimum absolute atomic E-state index is 0.588. The van der Waals surface area contributed by atoms with Crippen LogP contribution in [0.1, 0.15) is 0 Å². The van der Waals surface area contributed by atoms with E-state index < -0.39 is 0 Å². The molecule has 0 radical (unpaired) electrons. The van der Waals surface area contributed by atoms with Crippen molar-refractivity contribution in [2.75, 3.05) is 4.90 Å². The molecule has 6 heteroatoms. The Hall–Kier alpha value is -7.83. The van der Waals surface area contributed by atoms with E-state index in [0.29, 0.717) is 17.5 Å². The summed E-state index contributed by atoms with van der Waals surface area (Å²) < 4.78 is 12.8. The summed E-state index contributed by atoms with van der Waals surface area (Å²) in [5.41, 5.74) is 11.3. The molecule has 0 aliphatic rings. The second-order valence-electron chi connectivity index (χ2n) is 14.0. The average Bonchev–Trinajstić information content (AvgIpc) is 3.86. The first-order chi connectivity index (χ1) is 28.2. The van der Waals surface area contributed by atoms with Gasteiger partial charge in [-0.2, -0.15) is 0 Å². The van der Waals surface area contributed by atoms with Crippen LogP contribution in [0.25, 0.3) is 89.2 Å². The molecule has 0 saturated heterocycles. The minimum Gasteiger partial charge on any atom is -0.456 e. The first kappa shape index (κ1) is 32.6. The molecule has 8 aromatic carbocycles. The predicted molar refractivity (Wildman–Crippen MR) is 231 cm³/mol. The fourth-order valence-corrected chi connectivity index (χ4v) is 7.90. The summed E-state index contributed by atoms with van der Waals surface area (Å²) in [6, 6.07) is 66.2. The van der Waals surface area contributed by atoms with Crippen molar-refractivity contribution in [1.82, 2.24) is 15.0 Å². The van der Waals surface area contributed by atoms with Crippen molar-refractivity contribution >= 4 is 60.9 Å². The minimum atomic E-state index is 0.588. The van der Waals surface area contributed by atoms with E-state index in [2.05, 4.69) is 102 Å². The zero-order valence-corrected chi connectivity index (χ0v) is 30.6. The monoisotopic (exact) mass is 732 g/mol. The molecule has 268 valence electrons. The number of hydrogen-bond acceptors (Lipinski definition) is 6.